The predicted octanol–water partition coefficient (Wildman–Crippen LogP) is 0.167. The highest BCUT2D eigenvalue weighted by Crippen LogP contribution is 2.30. The molecule has 6 heteroatoms. The number of hydrogen-bond donors (Lipinski definition) is 4. The predicted molar refractivity (Wildman–Crippen MR) is 61.5 cm³/mol. The van der Waals surface area contributed by atoms with E-state index in [1.54, 1.807) is 0 Å². The van der Waals surface area contributed by atoms with E-state index in [0.717, 1.165) is 6.42 Å². The summed E-state index contributed by atoms with van der Waals surface area (Å²) < 4.78 is 0. The van der Waals surface area contributed by atoms with Crippen molar-refractivity contribution in [2.24, 2.45) is 11.8 Å². The summed E-state index contributed by atoms with van der Waals surface area (Å²) >= 11 is 0. The first-order valence-electron chi connectivity index (χ1n) is 5.92. The Balaban J connectivity index is 2.27. The lowest BCUT2D eigenvalue weighted by molar-refractivity contribution is -0.140. The van der Waals surface area contributed by atoms with Gasteiger partial charge >= 0.3 is 12.0 Å². The molecule has 0 spiro atoms. The van der Waals surface area contributed by atoms with Crippen molar-refractivity contribution in [1.82, 2.24) is 10.6 Å². The highest BCUT2D eigenvalue weighted by atomic mass is 16.4. The molecule has 17 heavy (non-hydrogen) atoms. The molecule has 0 radical (unpaired) electrons. The van der Waals surface area contributed by atoms with E-state index >= 15 is 0 Å². The first-order chi connectivity index (χ1) is 8.04. The standard InChI is InChI=1S/C11H20N2O4/c1-7-3-2-4-8(7)5-12-11(17)13-9(6-14)10(15)16/h7-9,14H,2-6H2,1H3,(H,15,16)(H2,12,13,17)/t7?,8?,9-/m0/s1. The summed E-state index contributed by atoms with van der Waals surface area (Å²) in [5.41, 5.74) is 0. The highest BCUT2D eigenvalue weighted by molar-refractivity contribution is 5.82. The SMILES string of the molecule is CC1CCCC1CNC(=O)N[C@@H](CO)C(=O)O. The molecule has 0 bridgehead atoms. The van der Waals surface area contributed by atoms with Crippen LogP contribution in [0.1, 0.15) is 26.2 Å². The van der Waals surface area contributed by atoms with Gasteiger partial charge in [0.25, 0.3) is 0 Å². The van der Waals surface area contributed by atoms with Crippen molar-refractivity contribution in [3.8, 4) is 0 Å². The van der Waals surface area contributed by atoms with Crippen molar-refractivity contribution >= 4 is 12.0 Å². The molecule has 0 aliphatic heterocycles. The first kappa shape index (κ1) is 13.8. The van der Waals surface area contributed by atoms with Crippen LogP contribution in [0.3, 0.4) is 0 Å². The quantitative estimate of drug-likeness (QED) is 0.554. The number of carboxylic acid groups (broad SMARTS) is 1. The van der Waals surface area contributed by atoms with Gasteiger partial charge in [-0.15, -0.1) is 0 Å². The number of urea groups is 1. The van der Waals surface area contributed by atoms with Crippen LogP contribution in [0.4, 0.5) is 4.79 Å². The Morgan fingerprint density at radius 2 is 2.12 bits per heavy atom. The summed E-state index contributed by atoms with van der Waals surface area (Å²) in [6.45, 7) is 2.11. The zero-order chi connectivity index (χ0) is 12.8. The zero-order valence-corrected chi connectivity index (χ0v) is 9.98. The maximum absolute atomic E-state index is 11.4. The molecule has 6 nitrogen and oxygen atoms in total. The van der Waals surface area contributed by atoms with E-state index in [9.17, 15) is 9.59 Å². The molecular weight excluding hydrogens is 224 g/mol. The summed E-state index contributed by atoms with van der Waals surface area (Å²) in [7, 11) is 0. The number of amides is 2. The molecule has 2 amide bonds. The van der Waals surface area contributed by atoms with Crippen LogP contribution in [0.5, 0.6) is 0 Å². The van der Waals surface area contributed by atoms with E-state index in [-0.39, 0.29) is 0 Å². The monoisotopic (exact) mass is 244 g/mol. The minimum absolute atomic E-state index is 0.471. The van der Waals surface area contributed by atoms with Crippen LogP contribution in [0.2, 0.25) is 0 Å². The van der Waals surface area contributed by atoms with E-state index in [4.69, 9.17) is 10.2 Å². The van der Waals surface area contributed by atoms with Gasteiger partial charge in [0.05, 0.1) is 6.61 Å². The Morgan fingerprint density at radius 3 is 2.59 bits per heavy atom. The lowest BCUT2D eigenvalue weighted by atomic mass is 9.98. The lowest BCUT2D eigenvalue weighted by Gasteiger charge is -2.17. The summed E-state index contributed by atoms with van der Waals surface area (Å²) in [4.78, 5) is 22.0. The second-order valence-corrected chi connectivity index (χ2v) is 4.60. The molecule has 98 valence electrons. The molecule has 0 aromatic heterocycles. The average Bonchev–Trinajstić information content (AvgIpc) is 2.68. The first-order valence-corrected chi connectivity index (χ1v) is 5.92. The van der Waals surface area contributed by atoms with Gasteiger partial charge in [-0.3, -0.25) is 0 Å². The van der Waals surface area contributed by atoms with Crippen molar-refractivity contribution in [2.75, 3.05) is 13.2 Å². The second-order valence-electron chi connectivity index (χ2n) is 4.60. The molecule has 3 atom stereocenters. The van der Waals surface area contributed by atoms with Crippen molar-refractivity contribution < 1.29 is 19.8 Å². The molecule has 0 aromatic rings. The van der Waals surface area contributed by atoms with Crippen molar-refractivity contribution in [2.45, 2.75) is 32.2 Å². The Morgan fingerprint density at radius 1 is 1.41 bits per heavy atom. The zero-order valence-electron chi connectivity index (χ0n) is 9.98. The third-order valence-corrected chi connectivity index (χ3v) is 3.35. The molecule has 4 N–H and O–H groups in total. The number of aliphatic carboxylic acids is 1. The van der Waals surface area contributed by atoms with Crippen LogP contribution < -0.4 is 10.6 Å². The molecule has 1 aliphatic rings. The van der Waals surface area contributed by atoms with Gasteiger partial charge in [0.15, 0.2) is 6.04 Å². The molecule has 2 unspecified atom stereocenters. The number of carboxylic acids is 1. The second kappa shape index (κ2) is 6.44. The van der Waals surface area contributed by atoms with Crippen molar-refractivity contribution in [3.63, 3.8) is 0 Å². The molecule has 0 aromatic carbocycles. The highest BCUT2D eigenvalue weighted by Gasteiger charge is 2.24. The van der Waals surface area contributed by atoms with Gasteiger partial charge in [-0.25, -0.2) is 9.59 Å². The topological polar surface area (TPSA) is 98.7 Å². The van der Waals surface area contributed by atoms with Crippen LogP contribution >= 0.6 is 0 Å². The van der Waals surface area contributed by atoms with E-state index < -0.39 is 24.6 Å². The maximum Gasteiger partial charge on any atom is 0.328 e. The fourth-order valence-corrected chi connectivity index (χ4v) is 2.14. The Bertz CT molecular complexity index is 283. The van der Waals surface area contributed by atoms with Crippen molar-refractivity contribution in [1.29, 1.82) is 0 Å². The van der Waals surface area contributed by atoms with Crippen LogP contribution in [-0.4, -0.2) is 41.4 Å². The minimum atomic E-state index is -1.24. The summed E-state index contributed by atoms with van der Waals surface area (Å²) in [6.07, 6.45) is 3.47. The smallest absolute Gasteiger partial charge is 0.328 e. The Kier molecular flexibility index (Phi) is 5.21. The fraction of sp³-hybridized carbons (Fsp3) is 0.818. The average molecular weight is 244 g/mol. The van der Waals surface area contributed by atoms with Gasteiger partial charge in [-0.05, 0) is 18.3 Å². The van der Waals surface area contributed by atoms with Crippen LogP contribution in [0.15, 0.2) is 0 Å². The van der Waals surface area contributed by atoms with Gasteiger partial charge in [0, 0.05) is 6.54 Å². The number of rotatable bonds is 5. The molecular formula is C11H20N2O4. The van der Waals surface area contributed by atoms with Crippen molar-refractivity contribution in [3.05, 3.63) is 0 Å². The minimum Gasteiger partial charge on any atom is -0.480 e. The number of aliphatic hydroxyl groups excluding tert-OH is 1. The number of hydrogen-bond acceptors (Lipinski definition) is 3. The van der Waals surface area contributed by atoms with E-state index in [1.807, 2.05) is 0 Å². The molecule has 1 saturated carbocycles. The molecule has 1 aliphatic carbocycles. The largest absolute Gasteiger partial charge is 0.480 e. The summed E-state index contributed by atoms with van der Waals surface area (Å²) in [5, 5.41) is 22.2. The van der Waals surface area contributed by atoms with E-state index in [2.05, 4.69) is 17.6 Å². The Labute approximate surface area is 100 Å². The molecule has 0 heterocycles. The van der Waals surface area contributed by atoms with Gasteiger partial charge in [-0.1, -0.05) is 19.8 Å². The van der Waals surface area contributed by atoms with E-state index in [1.165, 1.54) is 12.8 Å². The van der Waals surface area contributed by atoms with Gasteiger partial charge in [0.1, 0.15) is 0 Å². The van der Waals surface area contributed by atoms with Gasteiger partial charge in [-0.2, -0.15) is 0 Å². The summed E-state index contributed by atoms with van der Waals surface area (Å²) in [6, 6.07) is -1.78. The third-order valence-electron chi connectivity index (χ3n) is 3.35. The van der Waals surface area contributed by atoms with E-state index in [0.29, 0.717) is 18.4 Å². The van der Waals surface area contributed by atoms with Crippen LogP contribution in [-0.2, 0) is 4.79 Å². The maximum atomic E-state index is 11.4. The number of aliphatic hydroxyl groups is 1. The molecule has 0 saturated heterocycles. The normalized spacial score (nSPS) is 25.3. The fourth-order valence-electron chi connectivity index (χ4n) is 2.14. The number of carbonyl (C=O) groups excluding carboxylic acids is 1. The van der Waals surface area contributed by atoms with Gasteiger partial charge in [0.2, 0.25) is 0 Å². The van der Waals surface area contributed by atoms with Crippen LogP contribution in [0.25, 0.3) is 0 Å². The molecule has 1 fully saturated rings. The number of nitrogens with one attached hydrogen (secondary N) is 2. The Hall–Kier alpha value is -1.30. The summed E-state index contributed by atoms with van der Waals surface area (Å²) in [5.74, 6) is -0.168. The van der Waals surface area contributed by atoms with Crippen LogP contribution in [0, 0.1) is 11.8 Å². The number of carbonyl (C=O) groups is 2. The third kappa shape index (κ3) is 4.22. The lowest BCUT2D eigenvalue weighted by Crippen LogP contribution is -2.48. The molecule has 1 rings (SSSR count). The van der Waals surface area contributed by atoms with Gasteiger partial charge < -0.3 is 20.8 Å².